The summed E-state index contributed by atoms with van der Waals surface area (Å²) in [5, 5.41) is 11.8. The molecule has 41 heavy (non-hydrogen) atoms. The van der Waals surface area contributed by atoms with Crippen molar-refractivity contribution < 1.29 is 9.84 Å². The quantitative estimate of drug-likeness (QED) is 0.219. The number of hydrogen-bond donors (Lipinski definition) is 3. The van der Waals surface area contributed by atoms with E-state index in [1.54, 1.807) is 24.5 Å². The Bertz CT molecular complexity index is 1660. The van der Waals surface area contributed by atoms with Crippen LogP contribution in [-0.4, -0.2) is 52.9 Å². The highest BCUT2D eigenvalue weighted by Crippen LogP contribution is 2.34. The SMILES string of the molecule is O=c1[nH]ccc(N(CC(O)c2cccc(Cl)c2)c2ccccc2)c1-c1ncc(-c2ccc(N3CCOCC3)cc2)[nH]1. The minimum Gasteiger partial charge on any atom is -0.387 e. The topological polar surface area (TPSA) is 97.5 Å². The summed E-state index contributed by atoms with van der Waals surface area (Å²) >= 11 is 6.20. The number of aromatic nitrogens is 3. The number of hydrogen-bond acceptors (Lipinski definition) is 6. The monoisotopic (exact) mass is 567 g/mol. The predicted molar refractivity (Wildman–Crippen MR) is 163 cm³/mol. The average Bonchev–Trinajstić information content (AvgIpc) is 3.50. The molecule has 1 atom stereocenters. The van der Waals surface area contributed by atoms with Crippen LogP contribution in [0, 0.1) is 0 Å². The molecule has 8 nitrogen and oxygen atoms in total. The maximum absolute atomic E-state index is 13.3. The molecule has 1 aliphatic rings. The number of halogens is 1. The van der Waals surface area contributed by atoms with E-state index in [0.29, 0.717) is 27.7 Å². The van der Waals surface area contributed by atoms with Crippen LogP contribution in [0.2, 0.25) is 5.02 Å². The van der Waals surface area contributed by atoms with E-state index in [9.17, 15) is 9.90 Å². The highest BCUT2D eigenvalue weighted by atomic mass is 35.5. The molecule has 1 aliphatic heterocycles. The van der Waals surface area contributed by atoms with Gasteiger partial charge in [0, 0.05) is 35.7 Å². The van der Waals surface area contributed by atoms with Crippen LogP contribution in [0.3, 0.4) is 0 Å². The minimum atomic E-state index is -0.863. The largest absolute Gasteiger partial charge is 0.387 e. The molecule has 6 rings (SSSR count). The molecule has 1 saturated heterocycles. The Hall–Kier alpha value is -4.37. The normalized spacial score (nSPS) is 14.1. The Morgan fingerprint density at radius 1 is 1.00 bits per heavy atom. The van der Waals surface area contributed by atoms with Crippen molar-refractivity contribution in [3.63, 3.8) is 0 Å². The zero-order chi connectivity index (χ0) is 28.2. The number of aromatic amines is 2. The summed E-state index contributed by atoms with van der Waals surface area (Å²) in [6.45, 7) is 3.40. The standard InChI is InChI=1S/C32H30ClN5O3/c33-24-6-4-5-23(19-24)29(39)21-38(26-7-2-1-3-8-26)28-13-14-34-32(40)30(28)31-35-20-27(36-31)22-9-11-25(12-10-22)37-15-17-41-18-16-37/h1-14,19-20,29,39H,15-18,21H2,(H,34,40)(H,35,36). The summed E-state index contributed by atoms with van der Waals surface area (Å²) in [6.07, 6.45) is 2.48. The summed E-state index contributed by atoms with van der Waals surface area (Å²) in [5.74, 6) is 0.437. The second kappa shape index (κ2) is 12.0. The second-order valence-corrected chi connectivity index (χ2v) is 10.3. The van der Waals surface area contributed by atoms with E-state index in [1.165, 1.54) is 0 Å². The number of morpholine rings is 1. The number of para-hydroxylation sites is 1. The maximum Gasteiger partial charge on any atom is 0.261 e. The Kier molecular flexibility index (Phi) is 7.86. The number of aliphatic hydroxyl groups excluding tert-OH is 1. The lowest BCUT2D eigenvalue weighted by Gasteiger charge is -2.29. The Morgan fingerprint density at radius 3 is 2.54 bits per heavy atom. The van der Waals surface area contributed by atoms with Crippen LogP contribution in [0.1, 0.15) is 11.7 Å². The number of imidazole rings is 1. The zero-order valence-electron chi connectivity index (χ0n) is 22.3. The fourth-order valence-corrected chi connectivity index (χ4v) is 5.33. The molecule has 3 N–H and O–H groups in total. The number of anilines is 3. The number of benzene rings is 3. The summed E-state index contributed by atoms with van der Waals surface area (Å²) in [7, 11) is 0. The molecule has 1 unspecified atom stereocenters. The molecule has 3 heterocycles. The molecule has 5 aromatic rings. The molecule has 9 heteroatoms. The van der Waals surface area contributed by atoms with Gasteiger partial charge in [-0.15, -0.1) is 0 Å². The van der Waals surface area contributed by atoms with E-state index in [1.807, 2.05) is 53.4 Å². The van der Waals surface area contributed by atoms with Gasteiger partial charge in [-0.25, -0.2) is 4.98 Å². The van der Waals surface area contributed by atoms with Gasteiger partial charge in [-0.3, -0.25) is 4.79 Å². The Balaban J connectivity index is 1.35. The second-order valence-electron chi connectivity index (χ2n) is 9.88. The van der Waals surface area contributed by atoms with Crippen molar-refractivity contribution in [2.24, 2.45) is 0 Å². The molecule has 1 fully saturated rings. The van der Waals surface area contributed by atoms with Crippen LogP contribution in [0.25, 0.3) is 22.6 Å². The van der Waals surface area contributed by atoms with Crippen LogP contribution in [0.15, 0.2) is 102 Å². The third-order valence-corrected chi connectivity index (χ3v) is 7.49. The first-order valence-electron chi connectivity index (χ1n) is 13.5. The molecule has 0 amide bonds. The van der Waals surface area contributed by atoms with Gasteiger partial charge in [0.05, 0.1) is 43.4 Å². The first-order valence-corrected chi connectivity index (χ1v) is 13.9. The van der Waals surface area contributed by atoms with Gasteiger partial charge < -0.3 is 29.6 Å². The lowest BCUT2D eigenvalue weighted by atomic mass is 10.1. The number of ether oxygens (including phenoxy) is 1. The van der Waals surface area contributed by atoms with Crippen LogP contribution in [-0.2, 0) is 4.74 Å². The molecular formula is C32H30ClN5O3. The molecule has 0 bridgehead atoms. The molecule has 0 spiro atoms. The van der Waals surface area contributed by atoms with E-state index < -0.39 is 6.10 Å². The maximum atomic E-state index is 13.3. The Morgan fingerprint density at radius 2 is 1.78 bits per heavy atom. The summed E-state index contributed by atoms with van der Waals surface area (Å²) in [4.78, 5) is 28.3. The van der Waals surface area contributed by atoms with Crippen molar-refractivity contribution in [1.82, 2.24) is 15.0 Å². The highest BCUT2D eigenvalue weighted by molar-refractivity contribution is 6.30. The van der Waals surface area contributed by atoms with Gasteiger partial charge in [-0.1, -0.05) is 54.1 Å². The van der Waals surface area contributed by atoms with Crippen molar-refractivity contribution in [2.75, 3.05) is 42.6 Å². The van der Waals surface area contributed by atoms with Crippen molar-refractivity contribution >= 4 is 28.7 Å². The van der Waals surface area contributed by atoms with Gasteiger partial charge >= 0.3 is 0 Å². The van der Waals surface area contributed by atoms with E-state index in [-0.39, 0.29) is 12.1 Å². The van der Waals surface area contributed by atoms with E-state index in [2.05, 4.69) is 44.1 Å². The first-order chi connectivity index (χ1) is 20.1. The smallest absolute Gasteiger partial charge is 0.261 e. The molecule has 0 radical (unpaired) electrons. The first kappa shape index (κ1) is 26.8. The molecule has 0 saturated carbocycles. The van der Waals surface area contributed by atoms with Crippen molar-refractivity contribution in [1.29, 1.82) is 0 Å². The van der Waals surface area contributed by atoms with Gasteiger partial charge in [0.15, 0.2) is 0 Å². The van der Waals surface area contributed by atoms with Gasteiger partial charge in [-0.05, 0) is 53.6 Å². The number of rotatable bonds is 8. The van der Waals surface area contributed by atoms with Gasteiger partial charge in [0.25, 0.3) is 5.56 Å². The zero-order valence-corrected chi connectivity index (χ0v) is 23.1. The van der Waals surface area contributed by atoms with E-state index in [4.69, 9.17) is 16.3 Å². The predicted octanol–water partition coefficient (Wildman–Crippen LogP) is 5.79. The lowest BCUT2D eigenvalue weighted by Crippen LogP contribution is -2.36. The fourth-order valence-electron chi connectivity index (χ4n) is 5.13. The van der Waals surface area contributed by atoms with Crippen molar-refractivity contribution in [2.45, 2.75) is 6.10 Å². The van der Waals surface area contributed by atoms with Gasteiger partial charge in [0.1, 0.15) is 11.4 Å². The van der Waals surface area contributed by atoms with E-state index >= 15 is 0 Å². The van der Waals surface area contributed by atoms with Crippen molar-refractivity contribution in [3.05, 3.63) is 118 Å². The molecule has 2 aromatic heterocycles. The third kappa shape index (κ3) is 5.90. The molecule has 0 aliphatic carbocycles. The number of pyridine rings is 1. The summed E-state index contributed by atoms with van der Waals surface area (Å²) in [6, 6.07) is 26.9. The van der Waals surface area contributed by atoms with Gasteiger partial charge in [-0.2, -0.15) is 0 Å². The summed E-state index contributed by atoms with van der Waals surface area (Å²) < 4.78 is 5.47. The highest BCUT2D eigenvalue weighted by Gasteiger charge is 2.23. The van der Waals surface area contributed by atoms with Crippen LogP contribution < -0.4 is 15.4 Å². The third-order valence-electron chi connectivity index (χ3n) is 7.25. The molecule has 208 valence electrons. The van der Waals surface area contributed by atoms with E-state index in [0.717, 1.165) is 48.9 Å². The fraction of sp³-hybridized carbons (Fsp3) is 0.188. The van der Waals surface area contributed by atoms with Crippen LogP contribution in [0.4, 0.5) is 17.1 Å². The lowest BCUT2D eigenvalue weighted by molar-refractivity contribution is 0.122. The van der Waals surface area contributed by atoms with Crippen LogP contribution in [0.5, 0.6) is 0 Å². The van der Waals surface area contributed by atoms with Crippen LogP contribution >= 0.6 is 11.6 Å². The Labute approximate surface area is 242 Å². The molecule has 3 aromatic carbocycles. The number of H-pyrrole nitrogens is 2. The summed E-state index contributed by atoms with van der Waals surface area (Å²) in [5.41, 5.74) is 5.13. The number of nitrogens with one attached hydrogen (secondary N) is 2. The number of nitrogens with zero attached hydrogens (tertiary/aromatic N) is 3. The minimum absolute atomic E-state index is 0.192. The number of aliphatic hydroxyl groups is 1. The molecular weight excluding hydrogens is 538 g/mol. The van der Waals surface area contributed by atoms with Crippen molar-refractivity contribution in [3.8, 4) is 22.6 Å². The van der Waals surface area contributed by atoms with Gasteiger partial charge in [0.2, 0.25) is 0 Å². The average molecular weight is 568 g/mol.